The molecular weight excluding hydrogens is 408 g/mol. The van der Waals surface area contributed by atoms with E-state index in [0.717, 1.165) is 22.3 Å². The van der Waals surface area contributed by atoms with Crippen LogP contribution < -0.4 is 10.6 Å². The molecule has 0 aromatic heterocycles. The predicted octanol–water partition coefficient (Wildman–Crippen LogP) is 3.92. The molecule has 32 heavy (non-hydrogen) atoms. The predicted molar refractivity (Wildman–Crippen MR) is 121 cm³/mol. The fourth-order valence-corrected chi connectivity index (χ4v) is 3.87. The molecule has 3 rings (SSSR count). The van der Waals surface area contributed by atoms with Gasteiger partial charge < -0.3 is 20.5 Å². The van der Waals surface area contributed by atoms with Crippen LogP contribution in [0.4, 0.5) is 4.79 Å². The largest absolute Gasteiger partial charge is 0.481 e. The summed E-state index contributed by atoms with van der Waals surface area (Å²) in [4.78, 5) is 36.6. The number of ether oxygens (including phenoxy) is 1. The lowest BCUT2D eigenvalue weighted by Gasteiger charge is -2.30. The van der Waals surface area contributed by atoms with Crippen LogP contribution in [0.1, 0.15) is 51.2 Å². The van der Waals surface area contributed by atoms with Gasteiger partial charge in [-0.15, -0.1) is 0 Å². The Balaban J connectivity index is 1.66. The van der Waals surface area contributed by atoms with Crippen LogP contribution in [0, 0.1) is 5.92 Å². The molecule has 1 aliphatic carbocycles. The summed E-state index contributed by atoms with van der Waals surface area (Å²) in [5.41, 5.74) is 3.26. The molecule has 0 aliphatic heterocycles. The average Bonchev–Trinajstić information content (AvgIpc) is 3.10. The third-order valence-corrected chi connectivity index (χ3v) is 6.43. The van der Waals surface area contributed by atoms with Crippen LogP contribution in [0.5, 0.6) is 0 Å². The Morgan fingerprint density at radius 3 is 2.06 bits per heavy atom. The second-order valence-electron chi connectivity index (χ2n) is 8.53. The smallest absolute Gasteiger partial charge is 0.408 e. The van der Waals surface area contributed by atoms with Crippen molar-refractivity contribution in [1.29, 1.82) is 0 Å². The van der Waals surface area contributed by atoms with Gasteiger partial charge in [-0.2, -0.15) is 0 Å². The van der Waals surface area contributed by atoms with Gasteiger partial charge in [0, 0.05) is 12.0 Å². The number of hydrogen-bond donors (Lipinski definition) is 3. The molecule has 0 bridgehead atoms. The van der Waals surface area contributed by atoms with E-state index in [-0.39, 0.29) is 12.5 Å². The summed E-state index contributed by atoms with van der Waals surface area (Å²) in [5, 5.41) is 14.5. The first-order chi connectivity index (χ1) is 15.2. The molecule has 2 aromatic carbocycles. The molecule has 2 amide bonds. The summed E-state index contributed by atoms with van der Waals surface area (Å²) >= 11 is 0. The molecule has 7 nitrogen and oxygen atoms in total. The Hall–Kier alpha value is -3.35. The molecule has 2 aromatic rings. The van der Waals surface area contributed by atoms with Crippen LogP contribution >= 0.6 is 0 Å². The summed E-state index contributed by atoms with van der Waals surface area (Å²) in [6.07, 6.45) is -0.373. The summed E-state index contributed by atoms with van der Waals surface area (Å²) in [6.45, 7) is 6.67. The monoisotopic (exact) mass is 438 g/mol. The van der Waals surface area contributed by atoms with Crippen LogP contribution in [-0.2, 0) is 14.3 Å². The number of aliphatic carboxylic acids is 1. The lowest BCUT2D eigenvalue weighted by molar-refractivity contribution is -0.142. The average molecular weight is 439 g/mol. The number of benzene rings is 2. The second-order valence-corrected chi connectivity index (χ2v) is 8.53. The summed E-state index contributed by atoms with van der Waals surface area (Å²) in [7, 11) is 0. The van der Waals surface area contributed by atoms with Crippen molar-refractivity contribution in [2.24, 2.45) is 5.92 Å². The number of alkyl carbamates (subject to hydrolysis) is 1. The topological polar surface area (TPSA) is 105 Å². The number of fused-ring (bicyclic) bond motifs is 3. The molecule has 0 saturated carbocycles. The minimum absolute atomic E-state index is 0.0775. The molecule has 3 N–H and O–H groups in total. The Labute approximate surface area is 188 Å². The van der Waals surface area contributed by atoms with Crippen LogP contribution in [0.15, 0.2) is 48.5 Å². The zero-order chi connectivity index (χ0) is 23.5. The van der Waals surface area contributed by atoms with Gasteiger partial charge in [0.2, 0.25) is 5.91 Å². The second kappa shape index (κ2) is 9.42. The Morgan fingerprint density at radius 1 is 1.03 bits per heavy atom. The number of nitrogens with one attached hydrogen (secondary N) is 2. The molecule has 0 saturated heterocycles. The van der Waals surface area contributed by atoms with Gasteiger partial charge in [0.1, 0.15) is 12.1 Å². The van der Waals surface area contributed by atoms with Gasteiger partial charge >= 0.3 is 12.1 Å². The van der Waals surface area contributed by atoms with Crippen molar-refractivity contribution in [3.8, 4) is 11.1 Å². The van der Waals surface area contributed by atoms with Gasteiger partial charge in [-0.05, 0) is 49.4 Å². The molecule has 170 valence electrons. The molecule has 3 atom stereocenters. The van der Waals surface area contributed by atoms with E-state index in [1.807, 2.05) is 36.4 Å². The molecule has 3 unspecified atom stereocenters. The molecular formula is C25H30N2O5. The van der Waals surface area contributed by atoms with Crippen molar-refractivity contribution < 1.29 is 24.2 Å². The maximum absolute atomic E-state index is 12.8. The summed E-state index contributed by atoms with van der Waals surface area (Å²) in [5.74, 6) is -2.28. The van der Waals surface area contributed by atoms with Gasteiger partial charge in [0.05, 0.1) is 5.92 Å². The van der Waals surface area contributed by atoms with Crippen molar-refractivity contribution >= 4 is 18.0 Å². The minimum atomic E-state index is -1.23. The zero-order valence-corrected chi connectivity index (χ0v) is 18.8. The van der Waals surface area contributed by atoms with Crippen molar-refractivity contribution in [1.82, 2.24) is 10.6 Å². The van der Waals surface area contributed by atoms with Crippen molar-refractivity contribution in [3.63, 3.8) is 0 Å². The van der Waals surface area contributed by atoms with Crippen molar-refractivity contribution in [3.05, 3.63) is 59.7 Å². The highest BCUT2D eigenvalue weighted by atomic mass is 16.5. The number of hydrogen-bond acceptors (Lipinski definition) is 4. The molecule has 0 radical (unpaired) electrons. The van der Waals surface area contributed by atoms with E-state index in [4.69, 9.17) is 9.84 Å². The SMILES string of the molecule is CCC(C)(NC(=O)OCC1c2ccccc2-c2ccccc21)C(=O)NC(C)C(C)C(=O)O. The van der Waals surface area contributed by atoms with Crippen LogP contribution in [0.2, 0.25) is 0 Å². The third-order valence-electron chi connectivity index (χ3n) is 6.43. The van der Waals surface area contributed by atoms with Crippen LogP contribution in [-0.4, -0.2) is 41.3 Å². The number of carbonyl (C=O) groups excluding carboxylic acids is 2. The normalized spacial score (nSPS) is 16.1. The highest BCUT2D eigenvalue weighted by Crippen LogP contribution is 2.44. The molecule has 0 heterocycles. The molecule has 1 aliphatic rings. The van der Waals surface area contributed by atoms with E-state index in [1.165, 1.54) is 6.92 Å². The maximum Gasteiger partial charge on any atom is 0.408 e. The Bertz CT molecular complexity index is 975. The van der Waals surface area contributed by atoms with E-state index < -0.39 is 35.5 Å². The molecule has 0 spiro atoms. The van der Waals surface area contributed by atoms with E-state index in [0.29, 0.717) is 6.42 Å². The van der Waals surface area contributed by atoms with E-state index in [1.54, 1.807) is 20.8 Å². The third kappa shape index (κ3) is 4.61. The zero-order valence-electron chi connectivity index (χ0n) is 18.8. The van der Waals surface area contributed by atoms with Gasteiger partial charge in [-0.25, -0.2) is 4.79 Å². The van der Waals surface area contributed by atoms with Gasteiger partial charge in [-0.3, -0.25) is 9.59 Å². The first-order valence-corrected chi connectivity index (χ1v) is 10.8. The van der Waals surface area contributed by atoms with Crippen LogP contribution in [0.25, 0.3) is 11.1 Å². The number of carbonyl (C=O) groups is 3. The quantitative estimate of drug-likeness (QED) is 0.579. The Kier molecular flexibility index (Phi) is 6.87. The van der Waals surface area contributed by atoms with E-state index in [9.17, 15) is 14.4 Å². The number of carboxylic acids is 1. The molecule has 7 heteroatoms. The number of carboxylic acid groups (broad SMARTS) is 1. The lowest BCUT2D eigenvalue weighted by Crippen LogP contribution is -2.59. The van der Waals surface area contributed by atoms with Gasteiger partial charge in [0.15, 0.2) is 0 Å². The maximum atomic E-state index is 12.8. The summed E-state index contributed by atoms with van der Waals surface area (Å²) in [6, 6.07) is 15.5. The summed E-state index contributed by atoms with van der Waals surface area (Å²) < 4.78 is 5.55. The van der Waals surface area contributed by atoms with Gasteiger partial charge in [-0.1, -0.05) is 55.5 Å². The standard InChI is InChI=1S/C25H30N2O5/c1-5-25(4,23(30)26-16(3)15(2)22(28)29)27-24(31)32-14-21-19-12-8-6-10-17(19)18-11-7-9-13-20(18)21/h6-13,15-16,21H,5,14H2,1-4H3,(H,26,30)(H,27,31)(H,28,29). The number of amides is 2. The first kappa shape index (κ1) is 23.3. The highest BCUT2D eigenvalue weighted by Gasteiger charge is 2.36. The van der Waals surface area contributed by atoms with E-state index in [2.05, 4.69) is 22.8 Å². The lowest BCUT2D eigenvalue weighted by atomic mass is 9.96. The molecule has 0 fully saturated rings. The fraction of sp³-hybridized carbons (Fsp3) is 0.400. The first-order valence-electron chi connectivity index (χ1n) is 10.8. The number of rotatable bonds is 8. The highest BCUT2D eigenvalue weighted by molar-refractivity contribution is 5.90. The minimum Gasteiger partial charge on any atom is -0.481 e. The Morgan fingerprint density at radius 2 is 1.56 bits per heavy atom. The van der Waals surface area contributed by atoms with Crippen LogP contribution in [0.3, 0.4) is 0 Å². The van der Waals surface area contributed by atoms with Gasteiger partial charge in [0.25, 0.3) is 0 Å². The van der Waals surface area contributed by atoms with Crippen molar-refractivity contribution in [2.75, 3.05) is 6.61 Å². The fourth-order valence-electron chi connectivity index (χ4n) is 3.87. The van der Waals surface area contributed by atoms with Crippen molar-refractivity contribution in [2.45, 2.75) is 51.6 Å². The van der Waals surface area contributed by atoms with E-state index >= 15 is 0 Å².